The lowest BCUT2D eigenvalue weighted by Crippen LogP contribution is -2.33. The molecule has 0 bridgehead atoms. The zero-order valence-corrected chi connectivity index (χ0v) is 13.4. The molecule has 0 radical (unpaired) electrons. The number of rotatable bonds is 3. The van der Waals surface area contributed by atoms with Gasteiger partial charge in [0, 0.05) is 56.2 Å². The summed E-state index contributed by atoms with van der Waals surface area (Å²) >= 11 is 0. The van der Waals surface area contributed by atoms with Crippen molar-refractivity contribution >= 4 is 5.91 Å². The molecular formula is C19H20FN3O. The molecule has 2 aliphatic rings. The highest BCUT2D eigenvalue weighted by molar-refractivity contribution is 5.94. The Balaban J connectivity index is 1.37. The summed E-state index contributed by atoms with van der Waals surface area (Å²) in [4.78, 5) is 20.7. The molecule has 2 unspecified atom stereocenters. The van der Waals surface area contributed by atoms with E-state index in [1.165, 1.54) is 6.07 Å². The van der Waals surface area contributed by atoms with Crippen LogP contribution in [0, 0.1) is 17.7 Å². The second-order valence-electron chi connectivity index (χ2n) is 6.75. The van der Waals surface area contributed by atoms with Gasteiger partial charge in [-0.1, -0.05) is 18.2 Å². The van der Waals surface area contributed by atoms with Crippen molar-refractivity contribution < 1.29 is 9.18 Å². The van der Waals surface area contributed by atoms with E-state index in [-0.39, 0.29) is 11.7 Å². The third-order valence-electron chi connectivity index (χ3n) is 5.13. The van der Waals surface area contributed by atoms with Crippen molar-refractivity contribution in [3.05, 3.63) is 65.7 Å². The van der Waals surface area contributed by atoms with Gasteiger partial charge in [0.2, 0.25) is 0 Å². The fourth-order valence-corrected chi connectivity index (χ4v) is 3.93. The Hall–Kier alpha value is -2.27. The number of aromatic nitrogens is 1. The summed E-state index contributed by atoms with van der Waals surface area (Å²) in [6.07, 6.45) is 3.31. The molecule has 1 aromatic carbocycles. The number of carbonyl (C=O) groups is 1. The summed E-state index contributed by atoms with van der Waals surface area (Å²) in [5.74, 6) is 0.932. The largest absolute Gasteiger partial charge is 0.338 e. The average molecular weight is 325 g/mol. The number of pyridine rings is 1. The van der Waals surface area contributed by atoms with Crippen LogP contribution in [0.4, 0.5) is 4.39 Å². The van der Waals surface area contributed by atoms with Crippen molar-refractivity contribution in [3.8, 4) is 0 Å². The Morgan fingerprint density at radius 2 is 1.71 bits per heavy atom. The van der Waals surface area contributed by atoms with Crippen molar-refractivity contribution in [1.82, 2.24) is 14.8 Å². The Labute approximate surface area is 140 Å². The fourth-order valence-electron chi connectivity index (χ4n) is 3.93. The number of amides is 1. The predicted octanol–water partition coefficient (Wildman–Crippen LogP) is 2.42. The molecule has 0 aliphatic carbocycles. The van der Waals surface area contributed by atoms with Gasteiger partial charge in [-0.3, -0.25) is 14.7 Å². The number of halogens is 1. The van der Waals surface area contributed by atoms with Crippen molar-refractivity contribution in [2.24, 2.45) is 11.8 Å². The van der Waals surface area contributed by atoms with Crippen LogP contribution in [0.15, 0.2) is 48.8 Å². The molecule has 4 rings (SSSR count). The average Bonchev–Trinajstić information content (AvgIpc) is 3.15. The minimum Gasteiger partial charge on any atom is -0.338 e. The fraction of sp³-hybridized carbons (Fsp3) is 0.368. The molecule has 2 atom stereocenters. The van der Waals surface area contributed by atoms with Gasteiger partial charge in [0.05, 0.1) is 0 Å². The summed E-state index contributed by atoms with van der Waals surface area (Å²) in [5, 5.41) is 0. The first kappa shape index (κ1) is 15.3. The number of nitrogens with zero attached hydrogens (tertiary/aromatic N) is 3. The van der Waals surface area contributed by atoms with Crippen molar-refractivity contribution in [2.75, 3.05) is 26.2 Å². The van der Waals surface area contributed by atoms with Crippen LogP contribution >= 0.6 is 0 Å². The third kappa shape index (κ3) is 2.91. The molecule has 2 aliphatic heterocycles. The van der Waals surface area contributed by atoms with E-state index in [9.17, 15) is 9.18 Å². The van der Waals surface area contributed by atoms with Gasteiger partial charge in [-0.2, -0.15) is 0 Å². The summed E-state index contributed by atoms with van der Waals surface area (Å²) < 4.78 is 13.8. The molecule has 2 aromatic rings. The minimum absolute atomic E-state index is 0.0902. The highest BCUT2D eigenvalue weighted by Crippen LogP contribution is 2.32. The molecule has 2 saturated heterocycles. The van der Waals surface area contributed by atoms with Crippen LogP contribution in [0.25, 0.3) is 0 Å². The molecule has 4 nitrogen and oxygen atoms in total. The molecule has 1 amide bonds. The Kier molecular flexibility index (Phi) is 4.02. The topological polar surface area (TPSA) is 36.4 Å². The summed E-state index contributed by atoms with van der Waals surface area (Å²) in [7, 11) is 0. The molecule has 24 heavy (non-hydrogen) atoms. The molecule has 1 aromatic heterocycles. The number of hydrogen-bond acceptors (Lipinski definition) is 3. The lowest BCUT2D eigenvalue weighted by molar-refractivity contribution is 0.0773. The molecule has 2 fully saturated rings. The van der Waals surface area contributed by atoms with Crippen LogP contribution < -0.4 is 0 Å². The summed E-state index contributed by atoms with van der Waals surface area (Å²) in [6.45, 7) is 4.09. The Morgan fingerprint density at radius 1 is 1.04 bits per heavy atom. The zero-order valence-electron chi connectivity index (χ0n) is 13.4. The number of hydrogen-bond donors (Lipinski definition) is 0. The number of carbonyl (C=O) groups excluding carboxylic acids is 1. The maximum absolute atomic E-state index is 13.8. The third-order valence-corrected chi connectivity index (χ3v) is 5.13. The van der Waals surface area contributed by atoms with Crippen molar-refractivity contribution in [1.29, 1.82) is 0 Å². The normalized spacial score (nSPS) is 23.5. The standard InChI is InChI=1S/C19H20FN3O/c20-18-4-2-1-3-15(18)9-22-10-16-12-23(13-17(16)11-22)19(24)14-5-7-21-8-6-14/h1-8,16-17H,9-13H2. The lowest BCUT2D eigenvalue weighted by Gasteiger charge is -2.22. The van der Waals surface area contributed by atoms with Gasteiger partial charge in [0.1, 0.15) is 5.82 Å². The summed E-state index contributed by atoms with van der Waals surface area (Å²) in [5.41, 5.74) is 1.45. The SMILES string of the molecule is O=C(c1ccncc1)N1CC2CN(Cc3ccccc3F)CC2C1. The van der Waals surface area contributed by atoms with E-state index in [4.69, 9.17) is 0 Å². The Morgan fingerprint density at radius 3 is 2.38 bits per heavy atom. The van der Waals surface area contributed by atoms with Crippen LogP contribution in [0.1, 0.15) is 15.9 Å². The van der Waals surface area contributed by atoms with Gasteiger partial charge in [0.15, 0.2) is 0 Å². The molecular weight excluding hydrogens is 305 g/mol. The van der Waals surface area contributed by atoms with Crippen LogP contribution in [-0.4, -0.2) is 46.9 Å². The summed E-state index contributed by atoms with van der Waals surface area (Å²) in [6, 6.07) is 10.5. The first-order valence-electron chi connectivity index (χ1n) is 8.36. The van der Waals surface area contributed by atoms with Crippen LogP contribution in [0.2, 0.25) is 0 Å². The predicted molar refractivity (Wildman–Crippen MR) is 88.8 cm³/mol. The Bertz CT molecular complexity index is 722. The maximum atomic E-state index is 13.8. The molecule has 0 N–H and O–H groups in total. The van der Waals surface area contributed by atoms with Crippen LogP contribution in [0.5, 0.6) is 0 Å². The second-order valence-corrected chi connectivity index (χ2v) is 6.75. The number of fused-ring (bicyclic) bond motifs is 1. The highest BCUT2D eigenvalue weighted by Gasteiger charge is 2.41. The molecule has 3 heterocycles. The monoisotopic (exact) mass is 325 g/mol. The van der Waals surface area contributed by atoms with E-state index >= 15 is 0 Å². The van der Waals surface area contributed by atoms with Gasteiger partial charge < -0.3 is 4.90 Å². The van der Waals surface area contributed by atoms with Gasteiger partial charge in [-0.25, -0.2) is 4.39 Å². The smallest absolute Gasteiger partial charge is 0.253 e. The second kappa shape index (κ2) is 6.32. The van der Waals surface area contributed by atoms with E-state index in [2.05, 4.69) is 9.88 Å². The zero-order chi connectivity index (χ0) is 16.5. The van der Waals surface area contributed by atoms with E-state index in [0.717, 1.165) is 31.7 Å². The van der Waals surface area contributed by atoms with Crippen LogP contribution in [-0.2, 0) is 6.54 Å². The first-order chi connectivity index (χ1) is 11.7. The minimum atomic E-state index is -0.135. The lowest BCUT2D eigenvalue weighted by atomic mass is 10.0. The highest BCUT2D eigenvalue weighted by atomic mass is 19.1. The van der Waals surface area contributed by atoms with Gasteiger partial charge >= 0.3 is 0 Å². The van der Waals surface area contributed by atoms with E-state index < -0.39 is 0 Å². The van der Waals surface area contributed by atoms with E-state index in [1.54, 1.807) is 30.6 Å². The molecule has 5 heteroatoms. The van der Waals surface area contributed by atoms with Crippen molar-refractivity contribution in [2.45, 2.75) is 6.54 Å². The van der Waals surface area contributed by atoms with Gasteiger partial charge in [-0.15, -0.1) is 0 Å². The van der Waals surface area contributed by atoms with Gasteiger partial charge in [-0.05, 0) is 30.0 Å². The first-order valence-corrected chi connectivity index (χ1v) is 8.36. The van der Waals surface area contributed by atoms with Crippen LogP contribution in [0.3, 0.4) is 0 Å². The molecule has 0 saturated carbocycles. The van der Waals surface area contributed by atoms with E-state index in [1.807, 2.05) is 17.0 Å². The molecule has 124 valence electrons. The van der Waals surface area contributed by atoms with E-state index in [0.29, 0.717) is 23.9 Å². The van der Waals surface area contributed by atoms with Crippen molar-refractivity contribution in [3.63, 3.8) is 0 Å². The maximum Gasteiger partial charge on any atom is 0.253 e. The quantitative estimate of drug-likeness (QED) is 0.870. The number of benzene rings is 1. The van der Waals surface area contributed by atoms with Gasteiger partial charge in [0.25, 0.3) is 5.91 Å². The molecule has 0 spiro atoms. The number of likely N-dealkylation sites (tertiary alicyclic amines) is 2.